The molecule has 2 aromatic carbocycles. The molecule has 0 N–H and O–H groups in total. The summed E-state index contributed by atoms with van der Waals surface area (Å²) in [4.78, 5) is 11.1. The standard InChI is InChI=1S/C17H13BO3/c1-11-3-2-4-16(14(11)9-19)21-10-12-7-13-5-6-20-17(13)15(18)8-12/h2-9H,10H2,1H3. The number of aldehydes is 1. The average molecular weight is 276 g/mol. The Kier molecular flexibility index (Phi) is 3.52. The first-order valence-corrected chi connectivity index (χ1v) is 6.62. The first-order chi connectivity index (χ1) is 10.2. The van der Waals surface area contributed by atoms with E-state index in [1.54, 1.807) is 12.3 Å². The minimum Gasteiger partial charge on any atom is -0.488 e. The van der Waals surface area contributed by atoms with Crippen LogP contribution in [0.5, 0.6) is 5.75 Å². The summed E-state index contributed by atoms with van der Waals surface area (Å²) in [6, 6.07) is 11.2. The van der Waals surface area contributed by atoms with Gasteiger partial charge in [0.05, 0.1) is 11.8 Å². The first kappa shape index (κ1) is 13.5. The predicted molar refractivity (Wildman–Crippen MR) is 82.5 cm³/mol. The predicted octanol–water partition coefficient (Wildman–Crippen LogP) is 2.93. The van der Waals surface area contributed by atoms with Crippen LogP contribution in [-0.4, -0.2) is 14.1 Å². The molecule has 1 heterocycles. The van der Waals surface area contributed by atoms with E-state index in [1.807, 2.05) is 37.3 Å². The quantitative estimate of drug-likeness (QED) is 0.543. The highest BCUT2D eigenvalue weighted by Crippen LogP contribution is 2.22. The monoisotopic (exact) mass is 276 g/mol. The molecule has 0 saturated carbocycles. The van der Waals surface area contributed by atoms with Gasteiger partial charge in [0, 0.05) is 5.39 Å². The number of carbonyl (C=O) groups is 1. The van der Waals surface area contributed by atoms with E-state index in [2.05, 4.69) is 0 Å². The number of hydrogen-bond acceptors (Lipinski definition) is 3. The van der Waals surface area contributed by atoms with Gasteiger partial charge >= 0.3 is 0 Å². The molecule has 1 aromatic heterocycles. The second kappa shape index (κ2) is 5.48. The van der Waals surface area contributed by atoms with Crippen LogP contribution in [0.4, 0.5) is 0 Å². The van der Waals surface area contributed by atoms with E-state index in [1.165, 1.54) is 0 Å². The molecule has 4 heteroatoms. The first-order valence-electron chi connectivity index (χ1n) is 6.62. The lowest BCUT2D eigenvalue weighted by molar-refractivity contribution is 0.111. The molecule has 3 rings (SSSR count). The van der Waals surface area contributed by atoms with E-state index < -0.39 is 0 Å². The lowest BCUT2D eigenvalue weighted by Gasteiger charge is -2.11. The number of carbonyl (C=O) groups excluding carboxylic acids is 1. The highest BCUT2D eigenvalue weighted by Gasteiger charge is 2.08. The van der Waals surface area contributed by atoms with Crippen molar-refractivity contribution in [2.24, 2.45) is 0 Å². The van der Waals surface area contributed by atoms with Crippen molar-refractivity contribution < 1.29 is 13.9 Å². The molecule has 0 unspecified atom stereocenters. The Morgan fingerprint density at radius 3 is 2.95 bits per heavy atom. The molecule has 0 saturated heterocycles. The van der Waals surface area contributed by atoms with E-state index in [-0.39, 0.29) is 0 Å². The van der Waals surface area contributed by atoms with Gasteiger partial charge < -0.3 is 9.15 Å². The van der Waals surface area contributed by atoms with Crippen LogP contribution >= 0.6 is 0 Å². The second-order valence-electron chi connectivity index (χ2n) is 4.92. The Hall–Kier alpha value is -2.49. The van der Waals surface area contributed by atoms with Crippen LogP contribution in [0.15, 0.2) is 47.1 Å². The molecule has 0 spiro atoms. The maximum absolute atomic E-state index is 11.1. The molecule has 0 aliphatic heterocycles. The number of aryl methyl sites for hydroxylation is 1. The fourth-order valence-corrected chi connectivity index (χ4v) is 2.35. The summed E-state index contributed by atoms with van der Waals surface area (Å²) < 4.78 is 11.1. The van der Waals surface area contributed by atoms with Crippen LogP contribution in [0.3, 0.4) is 0 Å². The van der Waals surface area contributed by atoms with Crippen LogP contribution in [0, 0.1) is 6.92 Å². The van der Waals surface area contributed by atoms with Gasteiger partial charge in [-0.25, -0.2) is 0 Å². The summed E-state index contributed by atoms with van der Waals surface area (Å²) in [5, 5.41) is 0.938. The molecule has 0 bridgehead atoms. The van der Waals surface area contributed by atoms with Crippen LogP contribution in [0.2, 0.25) is 0 Å². The molecular weight excluding hydrogens is 263 g/mol. The van der Waals surface area contributed by atoms with Crippen molar-refractivity contribution in [1.29, 1.82) is 0 Å². The van der Waals surface area contributed by atoms with Gasteiger partial charge in [0.15, 0.2) is 6.29 Å². The Morgan fingerprint density at radius 2 is 2.14 bits per heavy atom. The van der Waals surface area contributed by atoms with E-state index in [4.69, 9.17) is 17.0 Å². The third-order valence-corrected chi connectivity index (χ3v) is 3.44. The Balaban J connectivity index is 1.86. The highest BCUT2D eigenvalue weighted by molar-refractivity contribution is 6.38. The number of fused-ring (bicyclic) bond motifs is 1. The molecule has 102 valence electrons. The van der Waals surface area contributed by atoms with Gasteiger partial charge in [0.2, 0.25) is 0 Å². The number of rotatable bonds is 4. The van der Waals surface area contributed by atoms with Crippen LogP contribution in [0.1, 0.15) is 21.5 Å². The van der Waals surface area contributed by atoms with Gasteiger partial charge in [-0.1, -0.05) is 23.7 Å². The highest BCUT2D eigenvalue weighted by atomic mass is 16.5. The summed E-state index contributed by atoms with van der Waals surface area (Å²) in [5.74, 6) is 0.580. The lowest BCUT2D eigenvalue weighted by atomic mass is 9.92. The number of furan rings is 1. The topological polar surface area (TPSA) is 39.4 Å². The van der Waals surface area contributed by atoms with Gasteiger partial charge in [0.1, 0.15) is 25.8 Å². The summed E-state index contributed by atoms with van der Waals surface area (Å²) in [7, 11) is 5.95. The third kappa shape index (κ3) is 2.57. The van der Waals surface area contributed by atoms with E-state index in [9.17, 15) is 4.79 Å². The molecule has 0 atom stereocenters. The lowest BCUT2D eigenvalue weighted by Crippen LogP contribution is -2.07. The number of ether oxygens (including phenoxy) is 1. The van der Waals surface area contributed by atoms with Crippen molar-refractivity contribution in [1.82, 2.24) is 0 Å². The molecule has 21 heavy (non-hydrogen) atoms. The molecule has 0 amide bonds. The smallest absolute Gasteiger partial charge is 0.154 e. The summed E-state index contributed by atoms with van der Waals surface area (Å²) in [6.45, 7) is 2.22. The zero-order valence-electron chi connectivity index (χ0n) is 11.6. The van der Waals surface area contributed by atoms with Crippen molar-refractivity contribution >= 4 is 30.6 Å². The fourth-order valence-electron chi connectivity index (χ4n) is 2.35. The molecule has 3 nitrogen and oxygen atoms in total. The maximum Gasteiger partial charge on any atom is 0.154 e. The second-order valence-corrected chi connectivity index (χ2v) is 4.92. The maximum atomic E-state index is 11.1. The summed E-state index contributed by atoms with van der Waals surface area (Å²) in [6.07, 6.45) is 2.43. The molecule has 0 aliphatic rings. The summed E-state index contributed by atoms with van der Waals surface area (Å²) >= 11 is 0. The molecule has 0 aliphatic carbocycles. The van der Waals surface area contributed by atoms with E-state index in [0.717, 1.165) is 22.8 Å². The average Bonchev–Trinajstić information content (AvgIpc) is 2.94. The van der Waals surface area contributed by atoms with Crippen molar-refractivity contribution in [3.05, 3.63) is 59.4 Å². The number of benzene rings is 2. The normalized spacial score (nSPS) is 10.7. The zero-order valence-corrected chi connectivity index (χ0v) is 11.6. The van der Waals surface area contributed by atoms with E-state index >= 15 is 0 Å². The van der Waals surface area contributed by atoms with Gasteiger partial charge in [-0.2, -0.15) is 0 Å². The molecular formula is C17H13BO3. The minimum atomic E-state index is 0.343. The largest absolute Gasteiger partial charge is 0.488 e. The van der Waals surface area contributed by atoms with Crippen molar-refractivity contribution in [3.63, 3.8) is 0 Å². The van der Waals surface area contributed by atoms with Crippen LogP contribution < -0.4 is 10.2 Å². The Bertz CT molecular complexity index is 805. The van der Waals surface area contributed by atoms with Crippen LogP contribution in [-0.2, 0) is 6.61 Å². The zero-order chi connectivity index (χ0) is 14.8. The fraction of sp³-hybridized carbons (Fsp3) is 0.118. The summed E-state index contributed by atoms with van der Waals surface area (Å²) in [5.41, 5.74) is 3.67. The Morgan fingerprint density at radius 1 is 1.29 bits per heavy atom. The third-order valence-electron chi connectivity index (χ3n) is 3.44. The Labute approximate surface area is 123 Å². The van der Waals surface area contributed by atoms with Crippen molar-refractivity contribution in [2.75, 3.05) is 0 Å². The molecule has 2 radical (unpaired) electrons. The van der Waals surface area contributed by atoms with Gasteiger partial charge in [-0.3, -0.25) is 4.79 Å². The van der Waals surface area contributed by atoms with Crippen LogP contribution in [0.25, 0.3) is 11.0 Å². The molecule has 0 fully saturated rings. The van der Waals surface area contributed by atoms with Gasteiger partial charge in [-0.05, 0) is 36.2 Å². The SMILES string of the molecule is [B]c1cc(COc2cccc(C)c2C=O)cc2ccoc12. The van der Waals surface area contributed by atoms with Gasteiger partial charge in [-0.15, -0.1) is 0 Å². The minimum absolute atomic E-state index is 0.343. The van der Waals surface area contributed by atoms with Crippen molar-refractivity contribution in [2.45, 2.75) is 13.5 Å². The molecule has 3 aromatic rings. The van der Waals surface area contributed by atoms with Crippen molar-refractivity contribution in [3.8, 4) is 5.75 Å². The van der Waals surface area contributed by atoms with Gasteiger partial charge in [0.25, 0.3) is 0 Å². The number of hydrogen-bond donors (Lipinski definition) is 0. The van der Waals surface area contributed by atoms with E-state index in [0.29, 0.717) is 29.0 Å².